The third kappa shape index (κ3) is 5.11. The van der Waals surface area contributed by atoms with Crippen LogP contribution in [0.2, 0.25) is 0 Å². The van der Waals surface area contributed by atoms with E-state index in [1.165, 1.54) is 0 Å². The van der Waals surface area contributed by atoms with Crippen LogP contribution in [0.15, 0.2) is 12.2 Å². The summed E-state index contributed by atoms with van der Waals surface area (Å²) >= 11 is 0. The van der Waals surface area contributed by atoms with Crippen molar-refractivity contribution >= 4 is 6.41 Å². The summed E-state index contributed by atoms with van der Waals surface area (Å²) in [6.07, 6.45) is 8.30. The standard InChI is InChI=1S/C17H31NO3/c1-13(2)15(21-5)8-11-17(4,20)14-6-9-16(3,10-7-14)18-12-19/h8,11-15,20H,6-7,9-10H2,1-5H3,(H,18,19). The van der Waals surface area contributed by atoms with E-state index in [9.17, 15) is 9.90 Å². The van der Waals surface area contributed by atoms with Gasteiger partial charge in [0.1, 0.15) is 0 Å². The van der Waals surface area contributed by atoms with Gasteiger partial charge in [0.2, 0.25) is 6.41 Å². The summed E-state index contributed by atoms with van der Waals surface area (Å²) in [5.41, 5.74) is -0.945. The van der Waals surface area contributed by atoms with E-state index in [-0.39, 0.29) is 17.6 Å². The van der Waals surface area contributed by atoms with Crippen molar-refractivity contribution in [1.82, 2.24) is 5.32 Å². The van der Waals surface area contributed by atoms with E-state index in [0.29, 0.717) is 5.92 Å². The molecule has 4 nitrogen and oxygen atoms in total. The zero-order chi connectivity index (χ0) is 16.1. The van der Waals surface area contributed by atoms with E-state index in [1.54, 1.807) is 7.11 Å². The molecule has 1 saturated carbocycles. The molecule has 1 amide bonds. The number of nitrogens with one attached hydrogen (secondary N) is 1. The van der Waals surface area contributed by atoms with E-state index < -0.39 is 5.60 Å². The SMILES string of the molecule is COC(C=CC(C)(O)C1CCC(C)(NC=O)CC1)C(C)C. The maximum Gasteiger partial charge on any atom is 0.207 e. The van der Waals surface area contributed by atoms with Crippen LogP contribution in [0.25, 0.3) is 0 Å². The van der Waals surface area contributed by atoms with Gasteiger partial charge in [0.05, 0.1) is 11.7 Å². The highest BCUT2D eigenvalue weighted by molar-refractivity contribution is 5.47. The summed E-state index contributed by atoms with van der Waals surface area (Å²) < 4.78 is 5.41. The van der Waals surface area contributed by atoms with E-state index in [0.717, 1.165) is 32.1 Å². The fourth-order valence-electron chi connectivity index (χ4n) is 3.12. The Kier molecular flexibility index (Phi) is 6.41. The molecule has 0 aromatic rings. The van der Waals surface area contributed by atoms with Gasteiger partial charge in [-0.1, -0.05) is 26.0 Å². The molecule has 0 aromatic carbocycles. The lowest BCUT2D eigenvalue weighted by molar-refractivity contribution is -0.111. The first-order valence-electron chi connectivity index (χ1n) is 7.90. The molecule has 2 unspecified atom stereocenters. The van der Waals surface area contributed by atoms with Gasteiger partial charge in [0.15, 0.2) is 0 Å². The minimum absolute atomic E-state index is 0.0297. The number of hydrogen-bond donors (Lipinski definition) is 2. The Morgan fingerprint density at radius 3 is 2.38 bits per heavy atom. The average molecular weight is 297 g/mol. The topological polar surface area (TPSA) is 58.6 Å². The number of carbonyl (C=O) groups excluding carboxylic acids is 1. The highest BCUT2D eigenvalue weighted by Crippen LogP contribution is 2.38. The third-order valence-electron chi connectivity index (χ3n) is 4.88. The molecule has 0 heterocycles. The van der Waals surface area contributed by atoms with Crippen LogP contribution < -0.4 is 5.32 Å². The van der Waals surface area contributed by atoms with E-state index in [1.807, 2.05) is 19.1 Å². The number of aliphatic hydroxyl groups is 1. The normalized spacial score (nSPS) is 31.1. The van der Waals surface area contributed by atoms with Gasteiger partial charge in [-0.2, -0.15) is 0 Å². The van der Waals surface area contributed by atoms with Gasteiger partial charge in [-0.3, -0.25) is 4.79 Å². The lowest BCUT2D eigenvalue weighted by atomic mass is 9.71. The molecule has 0 radical (unpaired) electrons. The number of carbonyl (C=O) groups is 1. The molecular formula is C17H31NO3. The minimum Gasteiger partial charge on any atom is -0.386 e. The van der Waals surface area contributed by atoms with Gasteiger partial charge in [-0.05, 0) is 51.4 Å². The largest absolute Gasteiger partial charge is 0.386 e. The van der Waals surface area contributed by atoms with Gasteiger partial charge < -0.3 is 15.2 Å². The summed E-state index contributed by atoms with van der Waals surface area (Å²) in [6.45, 7) is 8.15. The highest BCUT2D eigenvalue weighted by Gasteiger charge is 2.37. The Hall–Kier alpha value is -0.870. The number of amides is 1. The monoisotopic (exact) mass is 297 g/mol. The van der Waals surface area contributed by atoms with Crippen molar-refractivity contribution < 1.29 is 14.6 Å². The molecule has 4 heteroatoms. The predicted molar refractivity (Wildman–Crippen MR) is 85.0 cm³/mol. The average Bonchev–Trinajstić information content (AvgIpc) is 2.39. The summed E-state index contributed by atoms with van der Waals surface area (Å²) in [6, 6.07) is 0. The van der Waals surface area contributed by atoms with Crippen molar-refractivity contribution in [2.75, 3.05) is 7.11 Å². The molecule has 1 fully saturated rings. The Morgan fingerprint density at radius 1 is 1.38 bits per heavy atom. The molecule has 0 spiro atoms. The van der Waals surface area contributed by atoms with Crippen molar-refractivity contribution in [1.29, 1.82) is 0 Å². The Morgan fingerprint density at radius 2 is 1.95 bits per heavy atom. The molecule has 0 saturated heterocycles. The first kappa shape index (κ1) is 18.2. The molecule has 21 heavy (non-hydrogen) atoms. The van der Waals surface area contributed by atoms with Crippen molar-refractivity contribution in [3.8, 4) is 0 Å². The summed E-state index contributed by atoms with van der Waals surface area (Å²) in [4.78, 5) is 10.6. The lowest BCUT2D eigenvalue weighted by Crippen LogP contribution is -2.47. The van der Waals surface area contributed by atoms with Gasteiger partial charge in [-0.25, -0.2) is 0 Å². The summed E-state index contributed by atoms with van der Waals surface area (Å²) in [5.74, 6) is 0.605. The number of rotatable bonds is 7. The van der Waals surface area contributed by atoms with Crippen LogP contribution in [0.1, 0.15) is 53.4 Å². The fourth-order valence-corrected chi connectivity index (χ4v) is 3.12. The maximum absolute atomic E-state index is 10.7. The number of methoxy groups -OCH3 is 1. The van der Waals surface area contributed by atoms with E-state index in [2.05, 4.69) is 26.1 Å². The maximum atomic E-state index is 10.7. The Bertz CT molecular complexity index is 355. The lowest BCUT2D eigenvalue weighted by Gasteiger charge is -2.41. The molecule has 1 rings (SSSR count). The van der Waals surface area contributed by atoms with Crippen molar-refractivity contribution in [3.05, 3.63) is 12.2 Å². The van der Waals surface area contributed by atoms with Crippen molar-refractivity contribution in [2.45, 2.75) is 70.6 Å². The van der Waals surface area contributed by atoms with Crippen LogP contribution in [0.4, 0.5) is 0 Å². The summed E-state index contributed by atoms with van der Waals surface area (Å²) in [7, 11) is 1.70. The number of hydrogen-bond acceptors (Lipinski definition) is 3. The summed E-state index contributed by atoms with van der Waals surface area (Å²) in [5, 5.41) is 13.6. The molecule has 1 aliphatic carbocycles. The molecule has 122 valence electrons. The highest BCUT2D eigenvalue weighted by atomic mass is 16.5. The van der Waals surface area contributed by atoms with E-state index >= 15 is 0 Å². The van der Waals surface area contributed by atoms with Gasteiger partial charge >= 0.3 is 0 Å². The van der Waals surface area contributed by atoms with Gasteiger partial charge in [0, 0.05) is 12.6 Å². The molecule has 0 aliphatic heterocycles. The van der Waals surface area contributed by atoms with Crippen LogP contribution in [0.3, 0.4) is 0 Å². The predicted octanol–water partition coefficient (Wildman–Crippen LogP) is 2.66. The zero-order valence-corrected chi connectivity index (χ0v) is 14.1. The fraction of sp³-hybridized carbons (Fsp3) is 0.824. The molecule has 1 aliphatic rings. The second kappa shape index (κ2) is 7.41. The Labute approximate surface area is 129 Å². The van der Waals surface area contributed by atoms with Gasteiger partial charge in [-0.15, -0.1) is 0 Å². The quantitative estimate of drug-likeness (QED) is 0.561. The van der Waals surface area contributed by atoms with Crippen LogP contribution in [-0.2, 0) is 9.53 Å². The van der Waals surface area contributed by atoms with E-state index in [4.69, 9.17) is 4.74 Å². The molecule has 2 atom stereocenters. The van der Waals surface area contributed by atoms with Crippen LogP contribution in [0.5, 0.6) is 0 Å². The van der Waals surface area contributed by atoms with Crippen LogP contribution >= 0.6 is 0 Å². The second-order valence-corrected chi connectivity index (χ2v) is 7.13. The first-order valence-corrected chi connectivity index (χ1v) is 7.90. The van der Waals surface area contributed by atoms with Gasteiger partial charge in [0.25, 0.3) is 0 Å². The molecule has 0 bridgehead atoms. The minimum atomic E-state index is -0.825. The molecule has 0 aromatic heterocycles. The van der Waals surface area contributed by atoms with Crippen LogP contribution in [-0.4, -0.2) is 35.9 Å². The van der Waals surface area contributed by atoms with Crippen molar-refractivity contribution in [2.24, 2.45) is 11.8 Å². The number of ether oxygens (including phenoxy) is 1. The third-order valence-corrected chi connectivity index (χ3v) is 4.88. The first-order chi connectivity index (χ1) is 9.74. The smallest absolute Gasteiger partial charge is 0.207 e. The zero-order valence-electron chi connectivity index (χ0n) is 14.1. The molecule has 2 N–H and O–H groups in total. The molecular weight excluding hydrogens is 266 g/mol. The Balaban J connectivity index is 2.64. The van der Waals surface area contributed by atoms with Crippen molar-refractivity contribution in [3.63, 3.8) is 0 Å². The second-order valence-electron chi connectivity index (χ2n) is 7.13. The van der Waals surface area contributed by atoms with Crippen LogP contribution in [0, 0.1) is 11.8 Å².